The number of nitrogens with one attached hydrogen (secondary N) is 1. The van der Waals surface area contributed by atoms with E-state index >= 15 is 0 Å². The molecule has 1 aliphatic rings. The molecule has 0 unspecified atom stereocenters. The molecule has 7 nitrogen and oxygen atoms in total. The number of carbonyl (C=O) groups is 3. The van der Waals surface area contributed by atoms with Gasteiger partial charge in [-0.3, -0.25) is 9.69 Å². The number of para-hydroxylation sites is 2. The molecule has 2 amide bonds. The number of esters is 1. The highest BCUT2D eigenvalue weighted by Crippen LogP contribution is 2.26. The second kappa shape index (κ2) is 13.9. The van der Waals surface area contributed by atoms with Crippen molar-refractivity contribution in [2.75, 3.05) is 11.5 Å². The van der Waals surface area contributed by atoms with Gasteiger partial charge in [0.05, 0.1) is 12.7 Å². The zero-order valence-electron chi connectivity index (χ0n) is 20.9. The van der Waals surface area contributed by atoms with Gasteiger partial charge in [0.1, 0.15) is 0 Å². The Morgan fingerprint density at radius 1 is 1.06 bits per heavy atom. The summed E-state index contributed by atoms with van der Waals surface area (Å²) in [6.07, 6.45) is 7.24. The van der Waals surface area contributed by atoms with Crippen LogP contribution in [0.15, 0.2) is 84.5 Å². The second-order valence-electron chi connectivity index (χ2n) is 8.64. The first-order chi connectivity index (χ1) is 17.5. The van der Waals surface area contributed by atoms with Gasteiger partial charge >= 0.3 is 12.1 Å². The van der Waals surface area contributed by atoms with E-state index in [-0.39, 0.29) is 18.4 Å². The van der Waals surface area contributed by atoms with Crippen molar-refractivity contribution in [3.05, 3.63) is 84.5 Å². The van der Waals surface area contributed by atoms with E-state index < -0.39 is 18.2 Å². The fraction of sp³-hybridized carbons (Fsp3) is 0.345. The minimum absolute atomic E-state index is 0.0215. The second-order valence-corrected chi connectivity index (χ2v) is 8.64. The van der Waals surface area contributed by atoms with Crippen molar-refractivity contribution in [2.24, 2.45) is 0 Å². The first-order valence-corrected chi connectivity index (χ1v) is 12.4. The van der Waals surface area contributed by atoms with Crippen LogP contribution < -0.4 is 10.2 Å². The van der Waals surface area contributed by atoms with Gasteiger partial charge in [-0.1, -0.05) is 48.6 Å². The molecule has 0 aromatic heterocycles. The Balaban J connectivity index is 1.49. The molecule has 3 rings (SSSR count). The van der Waals surface area contributed by atoms with Crippen LogP contribution in [-0.4, -0.2) is 36.7 Å². The molecular weight excluding hydrogens is 456 g/mol. The van der Waals surface area contributed by atoms with Gasteiger partial charge < -0.3 is 14.8 Å². The zero-order chi connectivity index (χ0) is 25.8. The van der Waals surface area contributed by atoms with Crippen LogP contribution in [-0.2, 0) is 19.1 Å². The van der Waals surface area contributed by atoms with E-state index in [9.17, 15) is 14.4 Å². The Bertz CT molecular complexity index is 1030. The minimum Gasteiger partial charge on any atom is -0.459 e. The number of hydrogen-bond donors (Lipinski definition) is 1. The summed E-state index contributed by atoms with van der Waals surface area (Å²) in [6, 6.07) is 19.0. The molecule has 0 fully saturated rings. The molecule has 2 atom stereocenters. The zero-order valence-corrected chi connectivity index (χ0v) is 20.9. The highest BCUT2D eigenvalue weighted by Gasteiger charge is 2.20. The fourth-order valence-corrected chi connectivity index (χ4v) is 4.04. The molecule has 7 heteroatoms. The van der Waals surface area contributed by atoms with Gasteiger partial charge in [-0.15, -0.1) is 0 Å². The van der Waals surface area contributed by atoms with E-state index in [1.165, 1.54) is 6.08 Å². The Morgan fingerprint density at radius 2 is 1.69 bits per heavy atom. The molecule has 0 spiro atoms. The van der Waals surface area contributed by atoms with Crippen molar-refractivity contribution < 1.29 is 23.9 Å². The minimum atomic E-state index is -0.459. The van der Waals surface area contributed by atoms with Crippen molar-refractivity contribution in [3.8, 4) is 0 Å². The molecule has 0 aliphatic heterocycles. The van der Waals surface area contributed by atoms with E-state index in [0.717, 1.165) is 29.8 Å². The van der Waals surface area contributed by atoms with Crippen LogP contribution in [0.4, 0.5) is 16.2 Å². The lowest BCUT2D eigenvalue weighted by Gasteiger charge is -2.24. The van der Waals surface area contributed by atoms with Crippen LogP contribution in [0.1, 0.15) is 46.0 Å². The Morgan fingerprint density at radius 3 is 2.31 bits per heavy atom. The van der Waals surface area contributed by atoms with Gasteiger partial charge in [-0.05, 0) is 69.4 Å². The molecule has 1 aliphatic carbocycles. The largest absolute Gasteiger partial charge is 0.459 e. The third-order valence-corrected chi connectivity index (χ3v) is 5.79. The summed E-state index contributed by atoms with van der Waals surface area (Å²) in [5, 5.41) is 2.84. The summed E-state index contributed by atoms with van der Waals surface area (Å²) in [4.78, 5) is 38.8. The van der Waals surface area contributed by atoms with Gasteiger partial charge in [0.25, 0.3) is 0 Å². The number of benzene rings is 2. The van der Waals surface area contributed by atoms with Crippen LogP contribution in [0, 0.1) is 0 Å². The van der Waals surface area contributed by atoms with E-state index in [0.29, 0.717) is 19.4 Å². The Kier molecular flexibility index (Phi) is 10.3. The van der Waals surface area contributed by atoms with E-state index in [1.807, 2.05) is 60.7 Å². The number of alkyl carbamates (subject to hydrolysis) is 1. The number of amides is 2. The monoisotopic (exact) mass is 490 g/mol. The Hall–Kier alpha value is -3.87. The molecule has 0 saturated carbocycles. The lowest BCUT2D eigenvalue weighted by molar-refractivity contribution is -0.143. The smallest absolute Gasteiger partial charge is 0.407 e. The number of anilines is 2. The lowest BCUT2D eigenvalue weighted by Crippen LogP contribution is -2.36. The highest BCUT2D eigenvalue weighted by molar-refractivity contribution is 6.00. The molecule has 2 aromatic rings. The average molecular weight is 491 g/mol. The summed E-state index contributed by atoms with van der Waals surface area (Å²) in [5.41, 5.74) is 2.54. The molecule has 190 valence electrons. The predicted molar refractivity (Wildman–Crippen MR) is 140 cm³/mol. The van der Waals surface area contributed by atoms with Crippen LogP contribution in [0.2, 0.25) is 0 Å². The summed E-state index contributed by atoms with van der Waals surface area (Å²) >= 11 is 0. The predicted octanol–water partition coefficient (Wildman–Crippen LogP) is 5.84. The van der Waals surface area contributed by atoms with Crippen LogP contribution in [0.25, 0.3) is 0 Å². The topological polar surface area (TPSA) is 84.9 Å². The van der Waals surface area contributed by atoms with Crippen molar-refractivity contribution in [1.82, 2.24) is 5.32 Å². The van der Waals surface area contributed by atoms with E-state index in [4.69, 9.17) is 9.47 Å². The van der Waals surface area contributed by atoms with Crippen LogP contribution >= 0.6 is 0 Å². The SMILES string of the molecule is CCOC(=O)N[C@@H]1CCC=C(/C=C/C(=O)O[C@H](C)CCC(=O)N(c2ccccc2)c2ccccc2)C1. The van der Waals surface area contributed by atoms with E-state index in [1.54, 1.807) is 24.8 Å². The van der Waals surface area contributed by atoms with Crippen molar-refractivity contribution in [1.29, 1.82) is 0 Å². The van der Waals surface area contributed by atoms with Gasteiger partial charge in [0.15, 0.2) is 0 Å². The maximum atomic E-state index is 13.1. The standard InChI is InChI=1S/C29H34N2O5/c1-3-35-29(34)30-24-12-10-11-23(21-24)18-20-28(33)36-22(2)17-19-27(32)31(25-13-6-4-7-14-25)26-15-8-5-9-16-26/h4-9,11,13-16,18,20,22,24H,3,10,12,17,19,21H2,1-2H3,(H,30,34)/b20-18+/t22-,24-/m1/s1. The number of carbonyl (C=O) groups excluding carboxylic acids is 3. The van der Waals surface area contributed by atoms with Crippen LogP contribution in [0.3, 0.4) is 0 Å². The molecule has 1 N–H and O–H groups in total. The molecule has 0 radical (unpaired) electrons. The number of allylic oxidation sites excluding steroid dienone is 2. The maximum absolute atomic E-state index is 13.1. The fourth-order valence-electron chi connectivity index (χ4n) is 4.04. The Labute approximate surface area is 212 Å². The van der Waals surface area contributed by atoms with Gasteiger partial charge in [0, 0.05) is 29.9 Å². The van der Waals surface area contributed by atoms with Gasteiger partial charge in [0.2, 0.25) is 5.91 Å². The third kappa shape index (κ3) is 8.41. The average Bonchev–Trinajstić information content (AvgIpc) is 2.88. The summed E-state index contributed by atoms with van der Waals surface area (Å²) in [5.74, 6) is -0.530. The van der Waals surface area contributed by atoms with E-state index in [2.05, 4.69) is 11.4 Å². The molecular formula is C29H34N2O5. The van der Waals surface area contributed by atoms with Crippen LogP contribution in [0.5, 0.6) is 0 Å². The molecule has 0 saturated heterocycles. The van der Waals surface area contributed by atoms with Crippen molar-refractivity contribution in [2.45, 2.75) is 58.1 Å². The number of nitrogens with zero attached hydrogens (tertiary/aromatic N) is 1. The third-order valence-electron chi connectivity index (χ3n) is 5.79. The number of rotatable bonds is 10. The van der Waals surface area contributed by atoms with Gasteiger partial charge in [-0.2, -0.15) is 0 Å². The van der Waals surface area contributed by atoms with Gasteiger partial charge in [-0.25, -0.2) is 9.59 Å². The number of hydrogen-bond acceptors (Lipinski definition) is 5. The first kappa shape index (κ1) is 26.7. The maximum Gasteiger partial charge on any atom is 0.407 e. The quantitative estimate of drug-likeness (QED) is 0.334. The molecule has 0 heterocycles. The number of ether oxygens (including phenoxy) is 2. The lowest BCUT2D eigenvalue weighted by atomic mass is 9.94. The molecule has 0 bridgehead atoms. The summed E-state index contributed by atoms with van der Waals surface area (Å²) in [6.45, 7) is 3.88. The van der Waals surface area contributed by atoms with Crippen molar-refractivity contribution in [3.63, 3.8) is 0 Å². The highest BCUT2D eigenvalue weighted by atomic mass is 16.5. The normalized spacial score (nSPS) is 16.1. The van der Waals surface area contributed by atoms with Crippen molar-refractivity contribution >= 4 is 29.3 Å². The first-order valence-electron chi connectivity index (χ1n) is 12.4. The summed E-state index contributed by atoms with van der Waals surface area (Å²) in [7, 11) is 0. The molecule has 36 heavy (non-hydrogen) atoms. The molecule has 2 aromatic carbocycles. The summed E-state index contributed by atoms with van der Waals surface area (Å²) < 4.78 is 10.4.